The maximum Gasteiger partial charge on any atom is 0.239 e. The summed E-state index contributed by atoms with van der Waals surface area (Å²) in [6, 6.07) is 16.1. The van der Waals surface area contributed by atoms with E-state index in [9.17, 15) is 13.2 Å². The minimum absolute atomic E-state index is 0.344. The van der Waals surface area contributed by atoms with E-state index in [2.05, 4.69) is 34.5 Å². The van der Waals surface area contributed by atoms with Gasteiger partial charge in [0.15, 0.2) is 9.84 Å². The van der Waals surface area contributed by atoms with Crippen LogP contribution in [0.15, 0.2) is 48.5 Å². The summed E-state index contributed by atoms with van der Waals surface area (Å²) in [5.41, 5.74) is 4.47. The summed E-state index contributed by atoms with van der Waals surface area (Å²) in [4.78, 5) is 14.5. The lowest BCUT2D eigenvalue weighted by molar-refractivity contribution is -0.113. The number of rotatable bonds is 6. The fourth-order valence-corrected chi connectivity index (χ4v) is 5.95. The Morgan fingerprint density at radius 2 is 1.75 bits per heavy atom. The molecule has 1 amide bonds. The number of carbonyl (C=O) groups is 1. The van der Waals surface area contributed by atoms with Gasteiger partial charge in [0.25, 0.3) is 0 Å². The SMILES string of the molecule is O=C(CS(=O)(=O)C1CCCC1)Nc1ccc(CN2CCc3ccccc32)cc1. The predicted octanol–water partition coefficient (Wildman–Crippen LogP) is 3.55. The van der Waals surface area contributed by atoms with Crippen LogP contribution in [-0.2, 0) is 27.6 Å². The molecule has 0 saturated heterocycles. The molecule has 5 nitrogen and oxygen atoms in total. The largest absolute Gasteiger partial charge is 0.367 e. The van der Waals surface area contributed by atoms with Crippen molar-refractivity contribution in [1.82, 2.24) is 0 Å². The van der Waals surface area contributed by atoms with E-state index in [1.54, 1.807) is 0 Å². The van der Waals surface area contributed by atoms with Gasteiger partial charge in [-0.05, 0) is 48.6 Å². The van der Waals surface area contributed by atoms with Crippen LogP contribution in [-0.4, -0.2) is 31.9 Å². The van der Waals surface area contributed by atoms with Crippen LogP contribution in [0, 0.1) is 0 Å². The molecule has 0 spiro atoms. The van der Waals surface area contributed by atoms with Crippen LogP contribution in [0.25, 0.3) is 0 Å². The third-order valence-electron chi connectivity index (χ3n) is 5.74. The molecule has 1 aliphatic carbocycles. The summed E-state index contributed by atoms with van der Waals surface area (Å²) >= 11 is 0. The van der Waals surface area contributed by atoms with E-state index in [1.165, 1.54) is 11.3 Å². The van der Waals surface area contributed by atoms with Crippen molar-refractivity contribution in [3.8, 4) is 0 Å². The number of anilines is 2. The Morgan fingerprint density at radius 3 is 2.50 bits per heavy atom. The Hall–Kier alpha value is -2.34. The van der Waals surface area contributed by atoms with Crippen molar-refractivity contribution in [3.05, 3.63) is 59.7 Å². The van der Waals surface area contributed by atoms with Crippen molar-refractivity contribution in [2.24, 2.45) is 0 Å². The number of hydrogen-bond acceptors (Lipinski definition) is 4. The molecule has 4 rings (SSSR count). The lowest BCUT2D eigenvalue weighted by atomic mass is 10.1. The van der Waals surface area contributed by atoms with Gasteiger partial charge in [-0.1, -0.05) is 43.2 Å². The second-order valence-electron chi connectivity index (χ2n) is 7.76. The molecule has 6 heteroatoms. The normalized spacial score (nSPS) is 16.9. The van der Waals surface area contributed by atoms with E-state index in [0.29, 0.717) is 18.5 Å². The molecule has 148 valence electrons. The van der Waals surface area contributed by atoms with Crippen LogP contribution >= 0.6 is 0 Å². The molecular weight excluding hydrogens is 372 g/mol. The van der Waals surface area contributed by atoms with Gasteiger partial charge in [0.2, 0.25) is 5.91 Å². The van der Waals surface area contributed by atoms with E-state index in [0.717, 1.165) is 37.9 Å². The molecule has 1 fully saturated rings. The van der Waals surface area contributed by atoms with Gasteiger partial charge in [0.1, 0.15) is 5.75 Å². The molecule has 2 aromatic rings. The zero-order valence-corrected chi connectivity index (χ0v) is 16.7. The number of hydrogen-bond donors (Lipinski definition) is 1. The summed E-state index contributed by atoms with van der Waals surface area (Å²) in [5, 5.41) is 2.38. The van der Waals surface area contributed by atoms with Crippen LogP contribution in [0.1, 0.15) is 36.8 Å². The Balaban J connectivity index is 1.34. The van der Waals surface area contributed by atoms with E-state index in [-0.39, 0.29) is 5.25 Å². The summed E-state index contributed by atoms with van der Waals surface area (Å²) in [7, 11) is -3.35. The summed E-state index contributed by atoms with van der Waals surface area (Å²) in [5.74, 6) is -0.877. The van der Waals surface area contributed by atoms with Crippen molar-refractivity contribution < 1.29 is 13.2 Å². The van der Waals surface area contributed by atoms with Crippen molar-refractivity contribution >= 4 is 27.1 Å². The van der Waals surface area contributed by atoms with Crippen molar-refractivity contribution in [3.63, 3.8) is 0 Å². The number of para-hydroxylation sites is 1. The number of benzene rings is 2. The zero-order valence-electron chi connectivity index (χ0n) is 15.9. The molecule has 1 N–H and O–H groups in total. The van der Waals surface area contributed by atoms with E-state index in [4.69, 9.17) is 0 Å². The lowest BCUT2D eigenvalue weighted by Crippen LogP contribution is -2.29. The third-order valence-corrected chi connectivity index (χ3v) is 7.89. The fourth-order valence-electron chi connectivity index (χ4n) is 4.23. The first-order valence-electron chi connectivity index (χ1n) is 9.94. The Labute approximate surface area is 166 Å². The first-order valence-corrected chi connectivity index (χ1v) is 11.7. The van der Waals surface area contributed by atoms with Crippen molar-refractivity contribution in [2.45, 2.75) is 43.9 Å². The van der Waals surface area contributed by atoms with Gasteiger partial charge in [0.05, 0.1) is 5.25 Å². The van der Waals surface area contributed by atoms with Crippen molar-refractivity contribution in [2.75, 3.05) is 22.5 Å². The smallest absolute Gasteiger partial charge is 0.239 e. The van der Waals surface area contributed by atoms with Crippen LogP contribution in [0.3, 0.4) is 0 Å². The van der Waals surface area contributed by atoms with Crippen LogP contribution in [0.2, 0.25) is 0 Å². The van der Waals surface area contributed by atoms with Gasteiger partial charge < -0.3 is 10.2 Å². The number of carbonyl (C=O) groups excluding carboxylic acids is 1. The molecule has 28 heavy (non-hydrogen) atoms. The molecule has 0 bridgehead atoms. The standard InChI is InChI=1S/C22H26N2O3S/c25-22(16-28(26,27)20-6-2-3-7-20)23-19-11-9-17(10-12-19)15-24-14-13-18-5-1-4-8-21(18)24/h1,4-5,8-12,20H,2-3,6-7,13-16H2,(H,23,25). The van der Waals surface area contributed by atoms with Gasteiger partial charge in [-0.25, -0.2) is 8.42 Å². The van der Waals surface area contributed by atoms with Crippen molar-refractivity contribution in [1.29, 1.82) is 0 Å². The third kappa shape index (κ3) is 4.22. The lowest BCUT2D eigenvalue weighted by Gasteiger charge is -2.19. The Morgan fingerprint density at radius 1 is 1.04 bits per heavy atom. The van der Waals surface area contributed by atoms with E-state index in [1.807, 2.05) is 24.3 Å². The molecule has 1 heterocycles. The number of amides is 1. The first kappa shape index (κ1) is 19.0. The second kappa shape index (κ2) is 7.95. The highest BCUT2D eigenvalue weighted by Crippen LogP contribution is 2.29. The number of fused-ring (bicyclic) bond motifs is 1. The number of nitrogens with zero attached hydrogens (tertiary/aromatic N) is 1. The summed E-state index contributed by atoms with van der Waals surface area (Å²) < 4.78 is 24.6. The van der Waals surface area contributed by atoms with E-state index >= 15 is 0 Å². The molecule has 0 unspecified atom stereocenters. The maximum atomic E-state index is 12.3. The van der Waals surface area contributed by atoms with E-state index < -0.39 is 21.5 Å². The first-order chi connectivity index (χ1) is 13.5. The van der Waals surface area contributed by atoms with Gasteiger partial charge in [-0.15, -0.1) is 0 Å². The van der Waals surface area contributed by atoms with Gasteiger partial charge in [-0.3, -0.25) is 4.79 Å². The molecule has 1 aliphatic heterocycles. The van der Waals surface area contributed by atoms with Crippen LogP contribution in [0.4, 0.5) is 11.4 Å². The fraction of sp³-hybridized carbons (Fsp3) is 0.409. The average Bonchev–Trinajstić information content (AvgIpc) is 3.34. The highest BCUT2D eigenvalue weighted by molar-refractivity contribution is 7.92. The molecular formula is C22H26N2O3S. The van der Waals surface area contributed by atoms with Crippen LogP contribution < -0.4 is 10.2 Å². The number of sulfone groups is 1. The molecule has 0 aromatic heterocycles. The average molecular weight is 399 g/mol. The molecule has 2 aromatic carbocycles. The minimum Gasteiger partial charge on any atom is -0.367 e. The monoisotopic (exact) mass is 398 g/mol. The Bertz CT molecular complexity index is 948. The zero-order chi connectivity index (χ0) is 19.6. The predicted molar refractivity (Wildman–Crippen MR) is 112 cm³/mol. The highest BCUT2D eigenvalue weighted by atomic mass is 32.2. The topological polar surface area (TPSA) is 66.5 Å². The summed E-state index contributed by atoms with van der Waals surface area (Å²) in [6.45, 7) is 1.83. The van der Waals surface area contributed by atoms with Gasteiger partial charge in [-0.2, -0.15) is 0 Å². The minimum atomic E-state index is -3.35. The van der Waals surface area contributed by atoms with Gasteiger partial charge >= 0.3 is 0 Å². The quantitative estimate of drug-likeness (QED) is 0.808. The molecule has 2 aliphatic rings. The second-order valence-corrected chi connectivity index (χ2v) is 10.0. The highest BCUT2D eigenvalue weighted by Gasteiger charge is 2.30. The molecule has 0 radical (unpaired) electrons. The molecule has 1 saturated carbocycles. The summed E-state index contributed by atoms with van der Waals surface area (Å²) in [6.07, 6.45) is 4.32. The van der Waals surface area contributed by atoms with Gasteiger partial charge in [0, 0.05) is 24.5 Å². The Kier molecular flexibility index (Phi) is 5.40. The maximum absolute atomic E-state index is 12.3. The van der Waals surface area contributed by atoms with Crippen LogP contribution in [0.5, 0.6) is 0 Å². The molecule has 0 atom stereocenters. The number of nitrogens with one attached hydrogen (secondary N) is 1.